The second kappa shape index (κ2) is 3.78. The molecule has 7 nitrogen and oxygen atoms in total. The van der Waals surface area contributed by atoms with E-state index in [4.69, 9.17) is 4.84 Å². The second-order valence-corrected chi connectivity index (χ2v) is 5.42. The Bertz CT molecular complexity index is 379. The van der Waals surface area contributed by atoms with Crippen molar-refractivity contribution < 1.29 is 18.0 Å². The minimum absolute atomic E-state index is 0.252. The summed E-state index contributed by atoms with van der Waals surface area (Å²) in [7, 11) is -1.13. The molecule has 1 unspecified atom stereocenters. The predicted molar refractivity (Wildman–Crippen MR) is 53.3 cm³/mol. The van der Waals surface area contributed by atoms with Crippen molar-refractivity contribution in [2.24, 2.45) is 5.16 Å². The van der Waals surface area contributed by atoms with Gasteiger partial charge < -0.3 is 4.84 Å². The zero-order valence-corrected chi connectivity index (χ0v) is 9.54. The van der Waals surface area contributed by atoms with Gasteiger partial charge in [0.1, 0.15) is 0 Å². The zero-order chi connectivity index (χ0) is 11.7. The van der Waals surface area contributed by atoms with E-state index in [0.717, 1.165) is 4.31 Å². The lowest BCUT2D eigenvalue weighted by molar-refractivity contribution is -0.139. The summed E-state index contributed by atoms with van der Waals surface area (Å²) in [5, 5.41) is 3.44. The topological polar surface area (TPSA) is 88.1 Å². The van der Waals surface area contributed by atoms with Crippen molar-refractivity contribution in [2.75, 3.05) is 14.1 Å². The number of carbonyl (C=O) groups excluding carboxylic acids is 1. The van der Waals surface area contributed by atoms with E-state index >= 15 is 0 Å². The highest BCUT2D eigenvalue weighted by Crippen LogP contribution is 2.20. The summed E-state index contributed by atoms with van der Waals surface area (Å²) in [4.78, 5) is 16.4. The van der Waals surface area contributed by atoms with Gasteiger partial charge in [-0.2, -0.15) is 12.7 Å². The fourth-order valence-electron chi connectivity index (χ4n) is 0.853. The van der Waals surface area contributed by atoms with E-state index in [1.165, 1.54) is 27.2 Å². The first-order valence-corrected chi connectivity index (χ1v) is 5.67. The molecule has 1 amide bonds. The first-order valence-electron chi connectivity index (χ1n) is 4.23. The van der Waals surface area contributed by atoms with Gasteiger partial charge in [-0.05, 0) is 6.92 Å². The molecule has 1 heterocycles. The first kappa shape index (κ1) is 11.9. The maximum absolute atomic E-state index is 11.6. The summed E-state index contributed by atoms with van der Waals surface area (Å²) in [6, 6.07) is 0. The molecule has 0 radical (unpaired) electrons. The fraction of sp³-hybridized carbons (Fsp3) is 0.714. The summed E-state index contributed by atoms with van der Waals surface area (Å²) in [6.45, 7) is 1.47. The number of hydrogen-bond donors (Lipinski definition) is 1. The summed E-state index contributed by atoms with van der Waals surface area (Å²) < 4.78 is 25.5. The van der Waals surface area contributed by atoms with Crippen LogP contribution >= 0.6 is 0 Å². The van der Waals surface area contributed by atoms with Gasteiger partial charge in [0.15, 0.2) is 0 Å². The van der Waals surface area contributed by atoms with Gasteiger partial charge in [-0.25, -0.2) is 4.72 Å². The number of carbonyl (C=O) groups is 1. The molecule has 1 atom stereocenters. The van der Waals surface area contributed by atoms with Crippen molar-refractivity contribution in [3.8, 4) is 0 Å². The van der Waals surface area contributed by atoms with Gasteiger partial charge in [-0.15, -0.1) is 0 Å². The van der Waals surface area contributed by atoms with Crippen LogP contribution in [0.15, 0.2) is 5.16 Å². The molecule has 1 rings (SSSR count). The number of hydrogen-bond acceptors (Lipinski definition) is 5. The van der Waals surface area contributed by atoms with E-state index in [2.05, 4.69) is 5.16 Å². The van der Waals surface area contributed by atoms with E-state index in [0.29, 0.717) is 0 Å². The summed E-state index contributed by atoms with van der Waals surface area (Å²) in [5.74, 6) is -0.728. The number of oxime groups is 1. The number of nitrogens with zero attached hydrogens (tertiary/aromatic N) is 2. The Morgan fingerprint density at radius 2 is 2.20 bits per heavy atom. The zero-order valence-electron chi connectivity index (χ0n) is 8.72. The molecular formula is C7H13N3O4S. The molecule has 15 heavy (non-hydrogen) atoms. The predicted octanol–water partition coefficient (Wildman–Crippen LogP) is -0.926. The van der Waals surface area contributed by atoms with Crippen molar-refractivity contribution in [1.82, 2.24) is 9.03 Å². The molecule has 0 bridgehead atoms. The minimum atomic E-state index is -3.77. The molecule has 86 valence electrons. The van der Waals surface area contributed by atoms with Crippen molar-refractivity contribution in [1.29, 1.82) is 0 Å². The Morgan fingerprint density at radius 1 is 1.60 bits per heavy atom. The molecule has 8 heteroatoms. The molecule has 0 aromatic carbocycles. The van der Waals surface area contributed by atoms with Crippen LogP contribution in [0.1, 0.15) is 13.3 Å². The number of nitrogens with one attached hydrogen (secondary N) is 1. The Labute approximate surface area is 88.3 Å². The lowest BCUT2D eigenvalue weighted by atomic mass is 10.0. The highest BCUT2D eigenvalue weighted by atomic mass is 32.2. The second-order valence-electron chi connectivity index (χ2n) is 3.53. The third-order valence-corrected chi connectivity index (χ3v) is 3.40. The van der Waals surface area contributed by atoms with Crippen LogP contribution in [0.3, 0.4) is 0 Å². The van der Waals surface area contributed by atoms with E-state index in [-0.39, 0.29) is 6.42 Å². The Balaban J connectivity index is 2.72. The van der Waals surface area contributed by atoms with E-state index < -0.39 is 21.7 Å². The molecule has 0 spiro atoms. The van der Waals surface area contributed by atoms with Crippen LogP contribution in [0, 0.1) is 0 Å². The lowest BCUT2D eigenvalue weighted by Gasteiger charge is -2.21. The van der Waals surface area contributed by atoms with Gasteiger partial charge in [-0.3, -0.25) is 4.79 Å². The first-order chi connectivity index (χ1) is 6.78. The Kier molecular flexibility index (Phi) is 3.00. The molecule has 0 saturated heterocycles. The van der Waals surface area contributed by atoms with Crippen LogP contribution in [0.5, 0.6) is 0 Å². The highest BCUT2D eigenvalue weighted by Gasteiger charge is 2.40. The minimum Gasteiger partial charge on any atom is -0.379 e. The SMILES string of the molecule is CN(C)S(=O)(=O)NC(=O)C1(C)CC=NO1. The van der Waals surface area contributed by atoms with E-state index in [1.54, 1.807) is 0 Å². The van der Waals surface area contributed by atoms with Crippen LogP contribution in [0.4, 0.5) is 0 Å². The Morgan fingerprint density at radius 3 is 2.60 bits per heavy atom. The number of amides is 1. The van der Waals surface area contributed by atoms with Gasteiger partial charge in [0.2, 0.25) is 5.60 Å². The largest absolute Gasteiger partial charge is 0.379 e. The molecular weight excluding hydrogens is 222 g/mol. The molecule has 0 aromatic heterocycles. The van der Waals surface area contributed by atoms with Gasteiger partial charge in [-0.1, -0.05) is 5.16 Å². The molecule has 1 aliphatic rings. The van der Waals surface area contributed by atoms with Gasteiger partial charge >= 0.3 is 10.2 Å². The number of rotatable bonds is 3. The van der Waals surface area contributed by atoms with Gasteiger partial charge in [0, 0.05) is 26.7 Å². The quantitative estimate of drug-likeness (QED) is 0.684. The van der Waals surface area contributed by atoms with Crippen LogP contribution < -0.4 is 4.72 Å². The smallest absolute Gasteiger partial charge is 0.303 e. The van der Waals surface area contributed by atoms with Crippen LogP contribution in [0.2, 0.25) is 0 Å². The third-order valence-electron chi connectivity index (χ3n) is 1.99. The standard InChI is InChI=1S/C7H13N3O4S/c1-7(4-5-8-14-7)6(11)9-15(12,13)10(2)3/h5H,4H2,1-3H3,(H,9,11). The van der Waals surface area contributed by atoms with Crippen LogP contribution in [-0.4, -0.2) is 44.5 Å². The van der Waals surface area contributed by atoms with Crippen molar-refractivity contribution in [3.63, 3.8) is 0 Å². The van der Waals surface area contributed by atoms with Crippen molar-refractivity contribution >= 4 is 22.3 Å². The van der Waals surface area contributed by atoms with E-state index in [9.17, 15) is 13.2 Å². The summed E-state index contributed by atoms with van der Waals surface area (Å²) in [6.07, 6.45) is 1.67. The molecule has 0 aliphatic carbocycles. The normalized spacial score (nSPS) is 25.3. The summed E-state index contributed by atoms with van der Waals surface area (Å²) in [5.41, 5.74) is -1.23. The van der Waals surface area contributed by atoms with Crippen molar-refractivity contribution in [3.05, 3.63) is 0 Å². The van der Waals surface area contributed by atoms with Crippen LogP contribution in [-0.2, 0) is 19.8 Å². The maximum Gasteiger partial charge on any atom is 0.303 e. The lowest BCUT2D eigenvalue weighted by Crippen LogP contribution is -2.49. The summed E-state index contributed by atoms with van der Waals surface area (Å²) >= 11 is 0. The van der Waals surface area contributed by atoms with Gasteiger partial charge in [0.05, 0.1) is 0 Å². The monoisotopic (exact) mass is 235 g/mol. The van der Waals surface area contributed by atoms with Gasteiger partial charge in [0.25, 0.3) is 5.91 Å². The molecule has 1 N–H and O–H groups in total. The maximum atomic E-state index is 11.6. The van der Waals surface area contributed by atoms with Crippen LogP contribution in [0.25, 0.3) is 0 Å². The molecule has 0 saturated carbocycles. The third kappa shape index (κ3) is 2.45. The van der Waals surface area contributed by atoms with E-state index in [1.807, 2.05) is 4.72 Å². The molecule has 0 fully saturated rings. The average molecular weight is 235 g/mol. The van der Waals surface area contributed by atoms with Crippen molar-refractivity contribution in [2.45, 2.75) is 18.9 Å². The highest BCUT2D eigenvalue weighted by molar-refractivity contribution is 7.87. The Hall–Kier alpha value is -1.15. The molecule has 0 aromatic rings. The molecule has 1 aliphatic heterocycles. The average Bonchev–Trinajstić information content (AvgIpc) is 2.52. The fourth-order valence-corrected chi connectivity index (χ4v) is 1.49.